The van der Waals surface area contributed by atoms with Crippen molar-refractivity contribution < 1.29 is 0 Å². The molecule has 0 bridgehead atoms. The molecule has 0 saturated carbocycles. The molecule has 96 valence electrons. The SMILES string of the molecule is C=CC(C)C(=N)N(C=C)/C(=C\CC)C(C)(C)C. The normalized spacial score (nSPS) is 14.1. The second-order valence-electron chi connectivity index (χ2n) is 5.21. The topological polar surface area (TPSA) is 27.1 Å². The van der Waals surface area contributed by atoms with Gasteiger partial charge in [0, 0.05) is 23.2 Å². The largest absolute Gasteiger partial charge is 0.309 e. The van der Waals surface area contributed by atoms with E-state index in [1.54, 1.807) is 12.3 Å². The summed E-state index contributed by atoms with van der Waals surface area (Å²) in [6.07, 6.45) is 6.61. The molecule has 17 heavy (non-hydrogen) atoms. The first-order valence-corrected chi connectivity index (χ1v) is 6.13. The molecule has 0 fully saturated rings. The minimum atomic E-state index is -0.00259. The van der Waals surface area contributed by atoms with Gasteiger partial charge in [0.2, 0.25) is 0 Å². The van der Waals surface area contributed by atoms with Crippen LogP contribution in [0, 0.1) is 16.7 Å². The number of nitrogens with one attached hydrogen (secondary N) is 1. The maximum Gasteiger partial charge on any atom is 0.111 e. The predicted molar refractivity (Wildman–Crippen MR) is 77.0 cm³/mol. The van der Waals surface area contributed by atoms with E-state index in [-0.39, 0.29) is 11.3 Å². The van der Waals surface area contributed by atoms with E-state index in [1.807, 2.05) is 11.8 Å². The summed E-state index contributed by atoms with van der Waals surface area (Å²) in [7, 11) is 0. The average molecular weight is 234 g/mol. The molecule has 0 aliphatic rings. The second kappa shape index (κ2) is 6.43. The Morgan fingerprint density at radius 1 is 1.35 bits per heavy atom. The highest BCUT2D eigenvalue weighted by molar-refractivity contribution is 5.85. The number of rotatable bonds is 5. The number of hydrogen-bond acceptors (Lipinski definition) is 1. The number of amidine groups is 1. The van der Waals surface area contributed by atoms with E-state index in [2.05, 4.69) is 46.9 Å². The van der Waals surface area contributed by atoms with Crippen LogP contribution in [0.3, 0.4) is 0 Å². The predicted octanol–water partition coefficient (Wildman–Crippen LogP) is 4.57. The Kier molecular flexibility index (Phi) is 5.94. The van der Waals surface area contributed by atoms with Crippen molar-refractivity contribution in [2.24, 2.45) is 11.3 Å². The van der Waals surface area contributed by atoms with Gasteiger partial charge in [0.15, 0.2) is 0 Å². The molecular formula is C15H26N2. The Bertz CT molecular complexity index is 318. The van der Waals surface area contributed by atoms with Gasteiger partial charge in [0.1, 0.15) is 5.84 Å². The highest BCUT2D eigenvalue weighted by Gasteiger charge is 2.24. The molecule has 0 radical (unpaired) electrons. The first-order valence-electron chi connectivity index (χ1n) is 6.13. The van der Waals surface area contributed by atoms with Gasteiger partial charge in [0.25, 0.3) is 0 Å². The van der Waals surface area contributed by atoms with Crippen LogP contribution in [0.2, 0.25) is 0 Å². The lowest BCUT2D eigenvalue weighted by Gasteiger charge is -2.34. The van der Waals surface area contributed by atoms with Gasteiger partial charge in [-0.15, -0.1) is 6.58 Å². The molecule has 0 aromatic carbocycles. The molecule has 1 N–H and O–H groups in total. The zero-order chi connectivity index (χ0) is 13.6. The third kappa shape index (κ3) is 4.22. The number of allylic oxidation sites excluding steroid dienone is 2. The van der Waals surface area contributed by atoms with E-state index >= 15 is 0 Å². The van der Waals surface area contributed by atoms with Crippen molar-refractivity contribution in [3.05, 3.63) is 37.2 Å². The smallest absolute Gasteiger partial charge is 0.111 e. The van der Waals surface area contributed by atoms with E-state index in [0.29, 0.717) is 5.84 Å². The third-order valence-electron chi connectivity index (χ3n) is 2.65. The van der Waals surface area contributed by atoms with Crippen LogP contribution in [0.4, 0.5) is 0 Å². The molecule has 0 aromatic rings. The summed E-state index contributed by atoms with van der Waals surface area (Å²) in [4.78, 5) is 1.87. The minimum absolute atomic E-state index is 0.00259. The van der Waals surface area contributed by atoms with Crippen molar-refractivity contribution in [2.45, 2.75) is 41.0 Å². The third-order valence-corrected chi connectivity index (χ3v) is 2.65. The zero-order valence-electron chi connectivity index (χ0n) is 11.9. The maximum atomic E-state index is 8.18. The molecule has 1 atom stereocenters. The van der Waals surface area contributed by atoms with Crippen LogP contribution in [0.15, 0.2) is 37.2 Å². The van der Waals surface area contributed by atoms with Crippen molar-refractivity contribution in [3.8, 4) is 0 Å². The molecule has 0 spiro atoms. The monoisotopic (exact) mass is 234 g/mol. The fraction of sp³-hybridized carbons (Fsp3) is 0.533. The Morgan fingerprint density at radius 2 is 1.88 bits per heavy atom. The fourth-order valence-corrected chi connectivity index (χ4v) is 1.62. The summed E-state index contributed by atoms with van der Waals surface area (Å²) in [5.41, 5.74) is 1.12. The molecule has 0 aliphatic heterocycles. The van der Waals surface area contributed by atoms with Crippen molar-refractivity contribution in [1.29, 1.82) is 5.41 Å². The van der Waals surface area contributed by atoms with Crippen molar-refractivity contribution >= 4 is 5.84 Å². The molecule has 0 rings (SSSR count). The first-order chi connectivity index (χ1) is 7.79. The van der Waals surface area contributed by atoms with Gasteiger partial charge in [-0.2, -0.15) is 0 Å². The van der Waals surface area contributed by atoms with Crippen molar-refractivity contribution in [2.75, 3.05) is 0 Å². The van der Waals surface area contributed by atoms with Crippen LogP contribution >= 0.6 is 0 Å². The van der Waals surface area contributed by atoms with Gasteiger partial charge >= 0.3 is 0 Å². The molecule has 0 heterocycles. The van der Waals surface area contributed by atoms with Gasteiger partial charge in [-0.1, -0.05) is 53.3 Å². The van der Waals surface area contributed by atoms with Gasteiger partial charge in [-0.25, -0.2) is 0 Å². The van der Waals surface area contributed by atoms with E-state index in [0.717, 1.165) is 12.1 Å². The lowest BCUT2D eigenvalue weighted by atomic mass is 9.89. The summed E-state index contributed by atoms with van der Waals surface area (Å²) in [5, 5.41) is 8.18. The molecule has 2 nitrogen and oxygen atoms in total. The highest BCUT2D eigenvalue weighted by atomic mass is 15.2. The van der Waals surface area contributed by atoms with Crippen LogP contribution in [0.5, 0.6) is 0 Å². The second-order valence-corrected chi connectivity index (χ2v) is 5.21. The van der Waals surface area contributed by atoms with Crippen LogP contribution in [-0.2, 0) is 0 Å². The Labute approximate surface area is 106 Å². The van der Waals surface area contributed by atoms with Crippen LogP contribution in [-0.4, -0.2) is 10.7 Å². The lowest BCUT2D eigenvalue weighted by Crippen LogP contribution is -2.34. The Hall–Kier alpha value is -1.31. The fourth-order valence-electron chi connectivity index (χ4n) is 1.62. The molecule has 0 aromatic heterocycles. The maximum absolute atomic E-state index is 8.18. The van der Waals surface area contributed by atoms with Gasteiger partial charge in [-0.05, 0) is 6.42 Å². The van der Waals surface area contributed by atoms with E-state index in [9.17, 15) is 0 Å². The average Bonchev–Trinajstić information content (AvgIpc) is 2.26. The minimum Gasteiger partial charge on any atom is -0.309 e. The molecule has 0 aliphatic carbocycles. The molecule has 0 saturated heterocycles. The summed E-state index contributed by atoms with van der Waals surface area (Å²) >= 11 is 0. The van der Waals surface area contributed by atoms with Crippen molar-refractivity contribution in [3.63, 3.8) is 0 Å². The number of nitrogens with zero attached hydrogens (tertiary/aromatic N) is 1. The summed E-state index contributed by atoms with van der Waals surface area (Å²) in [6.45, 7) is 18.1. The molecule has 0 amide bonds. The quantitative estimate of drug-likeness (QED) is 0.421. The van der Waals surface area contributed by atoms with Crippen LogP contribution in [0.1, 0.15) is 41.0 Å². The highest BCUT2D eigenvalue weighted by Crippen LogP contribution is 2.30. The zero-order valence-corrected chi connectivity index (χ0v) is 11.9. The molecule has 2 heteroatoms. The summed E-state index contributed by atoms with van der Waals surface area (Å²) in [5.74, 6) is 0.542. The van der Waals surface area contributed by atoms with Crippen LogP contribution in [0.25, 0.3) is 0 Å². The van der Waals surface area contributed by atoms with E-state index < -0.39 is 0 Å². The van der Waals surface area contributed by atoms with Crippen molar-refractivity contribution in [1.82, 2.24) is 4.90 Å². The van der Waals surface area contributed by atoms with Gasteiger partial charge < -0.3 is 4.90 Å². The Morgan fingerprint density at radius 3 is 2.18 bits per heavy atom. The van der Waals surface area contributed by atoms with Gasteiger partial charge in [0.05, 0.1) is 0 Å². The van der Waals surface area contributed by atoms with E-state index in [4.69, 9.17) is 5.41 Å². The molecule has 1 unspecified atom stereocenters. The van der Waals surface area contributed by atoms with Crippen LogP contribution < -0.4 is 0 Å². The lowest BCUT2D eigenvalue weighted by molar-refractivity contribution is 0.405. The summed E-state index contributed by atoms with van der Waals surface area (Å²) < 4.78 is 0. The van der Waals surface area contributed by atoms with Gasteiger partial charge in [-0.3, -0.25) is 5.41 Å². The number of hydrogen-bond donors (Lipinski definition) is 1. The molecular weight excluding hydrogens is 208 g/mol. The standard InChI is InChI=1S/C15H26N2/c1-8-11-13(15(5,6)7)17(10-3)14(16)12(4)9-2/h9-12,16H,2-3,8H2,1,4-7H3/b13-11-,16-14?. The van der Waals surface area contributed by atoms with E-state index in [1.165, 1.54) is 0 Å². The summed E-state index contributed by atoms with van der Waals surface area (Å²) in [6, 6.07) is 0. The first kappa shape index (κ1) is 15.7. The Balaban J connectivity index is 5.34.